The molecule has 0 aromatic rings. The molecule has 1 saturated heterocycles. The van der Waals surface area contributed by atoms with Crippen LogP contribution in [0.4, 0.5) is 0 Å². The number of nitrogens with one attached hydrogen (secondary N) is 1. The Kier molecular flexibility index (Phi) is 52.9. The van der Waals surface area contributed by atoms with Crippen molar-refractivity contribution in [1.29, 1.82) is 0 Å². The maximum atomic E-state index is 13.1. The number of carbonyl (C=O) groups excluding carboxylic acids is 1. The normalized spacial score (nSPS) is 19.5. The molecule has 1 fully saturated rings. The van der Waals surface area contributed by atoms with E-state index in [1.165, 1.54) is 122 Å². The number of allylic oxidation sites excluding steroid dienone is 20. The Bertz CT molecular complexity index is 1640. The van der Waals surface area contributed by atoms with Crippen molar-refractivity contribution >= 4 is 5.91 Å². The molecule has 1 aliphatic rings. The summed E-state index contributed by atoms with van der Waals surface area (Å²) in [5, 5.41) is 54.8. The summed E-state index contributed by atoms with van der Waals surface area (Å²) in [4.78, 5) is 13.1. The van der Waals surface area contributed by atoms with Crippen LogP contribution in [-0.2, 0) is 14.3 Å². The fourth-order valence-electron chi connectivity index (χ4n) is 9.37. The molecule has 446 valence electrons. The van der Waals surface area contributed by atoms with Crippen molar-refractivity contribution in [3.05, 3.63) is 122 Å². The molecule has 1 amide bonds. The van der Waals surface area contributed by atoms with Crippen LogP contribution in [0.2, 0.25) is 0 Å². The second-order valence-corrected chi connectivity index (χ2v) is 21.5. The quantitative estimate of drug-likeness (QED) is 0.0261. The molecule has 6 N–H and O–H groups in total. The van der Waals surface area contributed by atoms with E-state index in [1.807, 2.05) is 0 Å². The number of rotatable bonds is 53. The minimum Gasteiger partial charge on any atom is -0.394 e. The van der Waals surface area contributed by atoms with Gasteiger partial charge in [-0.15, -0.1) is 0 Å². The highest BCUT2D eigenvalue weighted by atomic mass is 16.7. The molecule has 7 atom stereocenters. The lowest BCUT2D eigenvalue weighted by molar-refractivity contribution is -0.302. The van der Waals surface area contributed by atoms with E-state index in [-0.39, 0.29) is 12.5 Å². The van der Waals surface area contributed by atoms with Gasteiger partial charge in [-0.05, 0) is 89.9 Å². The van der Waals surface area contributed by atoms with Crippen LogP contribution in [0.3, 0.4) is 0 Å². The van der Waals surface area contributed by atoms with Crippen molar-refractivity contribution < 1.29 is 39.8 Å². The summed E-state index contributed by atoms with van der Waals surface area (Å²) < 4.78 is 11.3. The van der Waals surface area contributed by atoms with Crippen LogP contribution in [0.25, 0.3) is 0 Å². The van der Waals surface area contributed by atoms with Gasteiger partial charge in [0, 0.05) is 6.42 Å². The zero-order valence-corrected chi connectivity index (χ0v) is 49.6. The number of hydrogen-bond donors (Lipinski definition) is 6. The summed E-state index contributed by atoms with van der Waals surface area (Å²) >= 11 is 0. The number of aliphatic hydroxyl groups is 5. The predicted molar refractivity (Wildman–Crippen MR) is 331 cm³/mol. The molecule has 0 aromatic heterocycles. The fraction of sp³-hybridized carbons (Fsp3) is 0.696. The Labute approximate surface area is 478 Å². The topological polar surface area (TPSA) is 149 Å². The van der Waals surface area contributed by atoms with Gasteiger partial charge in [-0.25, -0.2) is 0 Å². The first-order valence-corrected chi connectivity index (χ1v) is 31.7. The third kappa shape index (κ3) is 45.3. The first-order valence-electron chi connectivity index (χ1n) is 31.7. The Morgan fingerprint density at radius 3 is 1.15 bits per heavy atom. The number of carbonyl (C=O) groups is 1. The van der Waals surface area contributed by atoms with E-state index in [0.717, 1.165) is 96.3 Å². The molecule has 0 spiro atoms. The van der Waals surface area contributed by atoms with E-state index in [9.17, 15) is 30.3 Å². The minimum absolute atomic E-state index is 0.163. The largest absolute Gasteiger partial charge is 0.394 e. The lowest BCUT2D eigenvalue weighted by atomic mass is 9.99. The summed E-state index contributed by atoms with van der Waals surface area (Å²) in [5.74, 6) is -0.189. The van der Waals surface area contributed by atoms with Crippen LogP contribution < -0.4 is 5.32 Å². The lowest BCUT2D eigenvalue weighted by Gasteiger charge is -2.40. The summed E-state index contributed by atoms with van der Waals surface area (Å²) in [6.07, 6.45) is 78.0. The highest BCUT2D eigenvalue weighted by Crippen LogP contribution is 2.23. The standard InChI is InChI=1S/C69H117NO8/c1-3-5-7-9-11-13-15-17-19-21-23-25-27-28-29-30-31-32-33-34-35-36-37-39-41-43-45-47-49-51-53-55-57-59-65(73)70-62(61-77-69-68(76)67(75)66(74)64(60-71)78-69)63(72)58-56-54-52-50-48-46-44-42-40-38-26-24-22-20-18-16-14-12-10-8-6-4-2/h5,7,11,13,17,19,23,25,28-29,31-32,34-35,37,39,43,45,49,51,62-64,66-69,71-72,74-76H,3-4,6,8-10,12,14-16,18,20-22,24,26-27,30,33,36,38,40-42,44,46-48,50,52-61H2,1-2H3,(H,70,73)/b7-5-,13-11-,19-17-,25-23-,29-28-,32-31-,35-34-,39-37-,45-43-,51-49-. The zero-order valence-electron chi connectivity index (χ0n) is 49.6. The van der Waals surface area contributed by atoms with Crippen LogP contribution in [0.5, 0.6) is 0 Å². The average molecular weight is 1090 g/mol. The van der Waals surface area contributed by atoms with Gasteiger partial charge in [0.15, 0.2) is 6.29 Å². The highest BCUT2D eigenvalue weighted by molar-refractivity contribution is 5.76. The predicted octanol–water partition coefficient (Wildman–Crippen LogP) is 16.7. The fourth-order valence-corrected chi connectivity index (χ4v) is 9.37. The molecule has 9 heteroatoms. The van der Waals surface area contributed by atoms with Gasteiger partial charge in [0.05, 0.1) is 25.4 Å². The molecule has 7 unspecified atom stereocenters. The second kappa shape index (κ2) is 56.8. The third-order valence-electron chi connectivity index (χ3n) is 14.3. The second-order valence-electron chi connectivity index (χ2n) is 21.5. The molecule has 0 aromatic carbocycles. The molecule has 9 nitrogen and oxygen atoms in total. The van der Waals surface area contributed by atoms with Gasteiger partial charge >= 0.3 is 0 Å². The van der Waals surface area contributed by atoms with E-state index < -0.39 is 49.5 Å². The van der Waals surface area contributed by atoms with Gasteiger partial charge in [-0.2, -0.15) is 0 Å². The number of ether oxygens (including phenoxy) is 2. The molecule has 0 aliphatic carbocycles. The SMILES string of the molecule is CC/C=C\C/C=C\C/C=C\C/C=C\C/C=C\C/C=C\C/C=C\C/C=C\C/C=C\C/C=C\CCCCC(=O)NC(COC1OC(CO)C(O)C(O)C1O)C(O)CCCCCCCCCCCCCCCCCCCCCCCC. The average Bonchev–Trinajstić information content (AvgIpc) is 3.45. The molecular formula is C69H117NO8. The highest BCUT2D eigenvalue weighted by Gasteiger charge is 2.44. The Morgan fingerprint density at radius 1 is 0.449 bits per heavy atom. The Balaban J connectivity index is 2.24. The molecule has 0 saturated carbocycles. The van der Waals surface area contributed by atoms with Crippen LogP contribution >= 0.6 is 0 Å². The van der Waals surface area contributed by atoms with E-state index in [4.69, 9.17) is 9.47 Å². The van der Waals surface area contributed by atoms with E-state index >= 15 is 0 Å². The molecule has 1 rings (SSSR count). The van der Waals surface area contributed by atoms with Crippen molar-refractivity contribution in [2.24, 2.45) is 0 Å². The smallest absolute Gasteiger partial charge is 0.220 e. The zero-order chi connectivity index (χ0) is 56.5. The van der Waals surface area contributed by atoms with Gasteiger partial charge in [0.25, 0.3) is 0 Å². The van der Waals surface area contributed by atoms with Gasteiger partial charge in [0.2, 0.25) is 5.91 Å². The van der Waals surface area contributed by atoms with Crippen molar-refractivity contribution in [3.8, 4) is 0 Å². The summed E-state index contributed by atoms with van der Waals surface area (Å²) in [7, 11) is 0. The number of unbranched alkanes of at least 4 members (excludes halogenated alkanes) is 23. The molecule has 0 radical (unpaired) electrons. The third-order valence-corrected chi connectivity index (χ3v) is 14.3. The maximum Gasteiger partial charge on any atom is 0.220 e. The summed E-state index contributed by atoms with van der Waals surface area (Å²) in [6, 6.07) is -0.753. The van der Waals surface area contributed by atoms with Gasteiger partial charge in [0.1, 0.15) is 24.4 Å². The molecule has 0 bridgehead atoms. The van der Waals surface area contributed by atoms with Gasteiger partial charge < -0.3 is 40.3 Å². The van der Waals surface area contributed by atoms with Crippen molar-refractivity contribution in [2.45, 2.75) is 294 Å². The number of hydrogen-bond acceptors (Lipinski definition) is 8. The lowest BCUT2D eigenvalue weighted by Crippen LogP contribution is -2.60. The first kappa shape index (κ1) is 72.6. The monoisotopic (exact) mass is 1090 g/mol. The summed E-state index contributed by atoms with van der Waals surface area (Å²) in [6.45, 7) is 3.71. The van der Waals surface area contributed by atoms with E-state index in [1.54, 1.807) is 0 Å². The number of aliphatic hydroxyl groups excluding tert-OH is 5. The van der Waals surface area contributed by atoms with Crippen molar-refractivity contribution in [1.82, 2.24) is 5.32 Å². The van der Waals surface area contributed by atoms with Crippen LogP contribution in [0.1, 0.15) is 251 Å². The van der Waals surface area contributed by atoms with Crippen molar-refractivity contribution in [3.63, 3.8) is 0 Å². The van der Waals surface area contributed by atoms with E-state index in [0.29, 0.717) is 19.3 Å². The van der Waals surface area contributed by atoms with E-state index in [2.05, 4.69) is 141 Å². The molecule has 78 heavy (non-hydrogen) atoms. The van der Waals surface area contributed by atoms with Crippen LogP contribution in [0, 0.1) is 0 Å². The molecular weight excluding hydrogens is 971 g/mol. The minimum atomic E-state index is -1.57. The molecule has 1 aliphatic heterocycles. The van der Waals surface area contributed by atoms with Crippen LogP contribution in [0.15, 0.2) is 122 Å². The molecule has 1 heterocycles. The summed E-state index contributed by atoms with van der Waals surface area (Å²) in [5.41, 5.74) is 0. The first-order chi connectivity index (χ1) is 38.3. The van der Waals surface area contributed by atoms with Gasteiger partial charge in [-0.3, -0.25) is 4.79 Å². The van der Waals surface area contributed by atoms with Crippen LogP contribution in [-0.4, -0.2) is 87.5 Å². The van der Waals surface area contributed by atoms with Gasteiger partial charge in [-0.1, -0.05) is 277 Å². The Morgan fingerprint density at radius 2 is 0.795 bits per heavy atom. The number of amides is 1. The maximum absolute atomic E-state index is 13.1. The van der Waals surface area contributed by atoms with Crippen molar-refractivity contribution in [2.75, 3.05) is 13.2 Å². The Hall–Kier alpha value is -3.41.